The Hall–Kier alpha value is -3.84. The minimum absolute atomic E-state index is 0.0487. The number of aromatic nitrogens is 3. The van der Waals surface area contributed by atoms with E-state index in [1.807, 2.05) is 43.7 Å². The van der Waals surface area contributed by atoms with Crippen molar-refractivity contribution in [3.63, 3.8) is 0 Å². The van der Waals surface area contributed by atoms with Gasteiger partial charge in [0.05, 0.1) is 6.42 Å². The van der Waals surface area contributed by atoms with Gasteiger partial charge >= 0.3 is 0 Å². The van der Waals surface area contributed by atoms with E-state index in [0.717, 1.165) is 65.4 Å². The summed E-state index contributed by atoms with van der Waals surface area (Å²) in [7, 11) is 3.98. The lowest BCUT2D eigenvalue weighted by atomic mass is 10.0. The van der Waals surface area contributed by atoms with Crippen LogP contribution in [0.3, 0.4) is 0 Å². The largest absolute Gasteiger partial charge is 0.373 e. The van der Waals surface area contributed by atoms with E-state index >= 15 is 0 Å². The second kappa shape index (κ2) is 9.57. The fraction of sp³-hybridized carbons (Fsp3) is 0.259. The van der Waals surface area contributed by atoms with Crippen molar-refractivity contribution in [2.45, 2.75) is 6.42 Å². The van der Waals surface area contributed by atoms with Gasteiger partial charge in [-0.25, -0.2) is 9.97 Å². The van der Waals surface area contributed by atoms with Crippen LogP contribution in [0.2, 0.25) is 0 Å². The zero-order valence-corrected chi connectivity index (χ0v) is 19.5. The van der Waals surface area contributed by atoms with Gasteiger partial charge in [-0.1, -0.05) is 12.1 Å². The summed E-state index contributed by atoms with van der Waals surface area (Å²) in [6.45, 7) is 3.84. The second-order valence-electron chi connectivity index (χ2n) is 8.71. The van der Waals surface area contributed by atoms with Crippen molar-refractivity contribution in [1.82, 2.24) is 19.9 Å². The van der Waals surface area contributed by atoms with Crippen LogP contribution in [-0.2, 0) is 6.42 Å². The molecule has 1 aliphatic heterocycles. The Morgan fingerprint density at radius 3 is 2.47 bits per heavy atom. The predicted octanol–water partition coefficient (Wildman–Crippen LogP) is 3.91. The molecule has 1 aliphatic rings. The van der Waals surface area contributed by atoms with Gasteiger partial charge in [0, 0.05) is 74.0 Å². The molecule has 0 aliphatic carbocycles. The fourth-order valence-corrected chi connectivity index (χ4v) is 4.24. The maximum absolute atomic E-state index is 13.1. The average molecular weight is 453 g/mol. The van der Waals surface area contributed by atoms with Crippen molar-refractivity contribution in [3.05, 3.63) is 78.4 Å². The van der Waals surface area contributed by atoms with E-state index in [4.69, 9.17) is 0 Å². The highest BCUT2D eigenvalue weighted by Crippen LogP contribution is 2.25. The highest BCUT2D eigenvalue weighted by molar-refractivity contribution is 5.98. The summed E-state index contributed by atoms with van der Waals surface area (Å²) in [6.07, 6.45) is 5.69. The van der Waals surface area contributed by atoms with E-state index < -0.39 is 0 Å². The van der Waals surface area contributed by atoms with Crippen molar-refractivity contribution < 1.29 is 4.79 Å². The number of anilines is 2. The lowest BCUT2D eigenvalue weighted by Crippen LogP contribution is -2.44. The topological polar surface area (TPSA) is 74.2 Å². The van der Waals surface area contributed by atoms with Crippen molar-refractivity contribution >= 4 is 28.2 Å². The number of piperazine rings is 1. The Balaban J connectivity index is 1.35. The van der Waals surface area contributed by atoms with Crippen molar-refractivity contribution in [2.75, 3.05) is 50.5 Å². The number of ketones is 1. The molecule has 1 aromatic carbocycles. The molecular weight excluding hydrogens is 424 g/mol. The number of hydrogen-bond donors (Lipinski definition) is 1. The van der Waals surface area contributed by atoms with Gasteiger partial charge in [-0.05, 0) is 54.4 Å². The van der Waals surface area contributed by atoms with E-state index in [9.17, 15) is 4.79 Å². The predicted molar refractivity (Wildman–Crippen MR) is 137 cm³/mol. The van der Waals surface area contributed by atoms with Crippen molar-refractivity contribution in [1.29, 1.82) is 0 Å². The summed E-state index contributed by atoms with van der Waals surface area (Å²) < 4.78 is 0. The summed E-state index contributed by atoms with van der Waals surface area (Å²) in [4.78, 5) is 31.1. The molecule has 3 aromatic heterocycles. The second-order valence-corrected chi connectivity index (χ2v) is 8.71. The molecule has 0 radical (unpaired) electrons. The average Bonchev–Trinajstić information content (AvgIpc) is 2.89. The van der Waals surface area contributed by atoms with Crippen LogP contribution >= 0.6 is 0 Å². The van der Waals surface area contributed by atoms with Crippen LogP contribution in [0.15, 0.2) is 67.1 Å². The van der Waals surface area contributed by atoms with Crippen LogP contribution in [-0.4, -0.2) is 65.9 Å². The van der Waals surface area contributed by atoms with Crippen molar-refractivity contribution in [2.24, 2.45) is 0 Å². The molecule has 172 valence electrons. The maximum atomic E-state index is 13.1. The Labute approximate surface area is 199 Å². The quantitative estimate of drug-likeness (QED) is 0.445. The molecule has 0 bridgehead atoms. The Bertz CT molecular complexity index is 1310. The zero-order valence-electron chi connectivity index (χ0n) is 19.5. The SMILES string of the molecule is CNc1ccc(-c2ccc3cnc(CC(=O)c4ccnc(N5CCN(C)CC5)c4)cc3c2)cn1. The standard InChI is InChI=1S/C27H28N6O/c1-28-26-6-5-21(18-31-26)19-3-4-22-17-30-24(14-23(22)13-19)16-25(34)20-7-8-29-27(15-20)33-11-9-32(2)10-12-33/h3-8,13-15,17-18H,9-12,16H2,1-2H3,(H,28,31). The van der Waals surface area contributed by atoms with Crippen LogP contribution < -0.4 is 10.2 Å². The summed E-state index contributed by atoms with van der Waals surface area (Å²) in [5, 5.41) is 5.14. The maximum Gasteiger partial charge on any atom is 0.169 e. The van der Waals surface area contributed by atoms with Crippen LogP contribution in [0.4, 0.5) is 11.6 Å². The minimum atomic E-state index is 0.0487. The molecule has 34 heavy (non-hydrogen) atoms. The normalized spacial score (nSPS) is 14.4. The summed E-state index contributed by atoms with van der Waals surface area (Å²) >= 11 is 0. The number of carbonyl (C=O) groups is 1. The van der Waals surface area contributed by atoms with Gasteiger partial charge in [-0.2, -0.15) is 0 Å². The smallest absolute Gasteiger partial charge is 0.169 e. The first-order valence-electron chi connectivity index (χ1n) is 11.5. The number of likely N-dealkylation sites (N-methyl/N-ethyl adjacent to an activating group) is 1. The molecule has 0 unspecified atom stereocenters. The number of hydrogen-bond acceptors (Lipinski definition) is 7. The molecule has 0 spiro atoms. The molecule has 5 rings (SSSR count). The molecule has 4 heterocycles. The summed E-state index contributed by atoms with van der Waals surface area (Å²) in [6, 6.07) is 16.0. The molecular formula is C27H28N6O. The number of benzene rings is 1. The van der Waals surface area contributed by atoms with Gasteiger partial charge in [-0.15, -0.1) is 0 Å². The Morgan fingerprint density at radius 2 is 1.71 bits per heavy atom. The number of carbonyl (C=O) groups excluding carboxylic acids is 1. The monoisotopic (exact) mass is 452 g/mol. The third kappa shape index (κ3) is 4.75. The van der Waals surface area contributed by atoms with Crippen LogP contribution in [0.5, 0.6) is 0 Å². The molecule has 7 nitrogen and oxygen atoms in total. The Morgan fingerprint density at radius 1 is 0.882 bits per heavy atom. The number of fused-ring (bicyclic) bond motifs is 1. The first-order valence-corrected chi connectivity index (χ1v) is 11.5. The highest BCUT2D eigenvalue weighted by atomic mass is 16.1. The zero-order chi connectivity index (χ0) is 23.5. The summed E-state index contributed by atoms with van der Waals surface area (Å²) in [5.74, 6) is 1.75. The van der Waals surface area contributed by atoms with Crippen molar-refractivity contribution in [3.8, 4) is 11.1 Å². The third-order valence-corrected chi connectivity index (χ3v) is 6.37. The van der Waals surface area contributed by atoms with Crippen LogP contribution in [0.25, 0.3) is 21.9 Å². The molecule has 4 aromatic rings. The van der Waals surface area contributed by atoms with Crippen LogP contribution in [0, 0.1) is 0 Å². The van der Waals surface area contributed by atoms with E-state index in [1.165, 1.54) is 0 Å². The first kappa shape index (κ1) is 22.0. The van der Waals surface area contributed by atoms with E-state index in [1.54, 1.807) is 12.3 Å². The molecule has 1 fully saturated rings. The van der Waals surface area contributed by atoms with Gasteiger partial charge in [-0.3, -0.25) is 9.78 Å². The fourth-order valence-electron chi connectivity index (χ4n) is 4.24. The molecule has 1 N–H and O–H groups in total. The third-order valence-electron chi connectivity index (χ3n) is 6.37. The minimum Gasteiger partial charge on any atom is -0.373 e. The number of nitrogens with one attached hydrogen (secondary N) is 1. The van der Waals surface area contributed by atoms with Gasteiger partial charge < -0.3 is 15.1 Å². The Kier molecular flexibility index (Phi) is 6.18. The summed E-state index contributed by atoms with van der Waals surface area (Å²) in [5.41, 5.74) is 3.56. The molecule has 0 saturated carbocycles. The lowest BCUT2D eigenvalue weighted by molar-refractivity contribution is 0.0992. The number of pyridine rings is 3. The van der Waals surface area contributed by atoms with E-state index in [2.05, 4.69) is 55.3 Å². The van der Waals surface area contributed by atoms with Crippen LogP contribution in [0.1, 0.15) is 16.1 Å². The van der Waals surface area contributed by atoms with E-state index in [-0.39, 0.29) is 12.2 Å². The molecule has 0 atom stereocenters. The number of rotatable bonds is 6. The van der Waals surface area contributed by atoms with Gasteiger partial charge in [0.1, 0.15) is 11.6 Å². The highest BCUT2D eigenvalue weighted by Gasteiger charge is 2.17. The molecule has 0 amide bonds. The van der Waals surface area contributed by atoms with Gasteiger partial charge in [0.25, 0.3) is 0 Å². The van der Waals surface area contributed by atoms with Gasteiger partial charge in [0.15, 0.2) is 5.78 Å². The molecule has 7 heteroatoms. The van der Waals surface area contributed by atoms with Gasteiger partial charge in [0.2, 0.25) is 0 Å². The number of nitrogens with zero attached hydrogens (tertiary/aromatic N) is 5. The number of Topliss-reactive ketones (excluding diaryl/α,β-unsaturated/α-hetero) is 1. The van der Waals surface area contributed by atoms with E-state index in [0.29, 0.717) is 5.56 Å². The lowest BCUT2D eigenvalue weighted by Gasteiger charge is -2.33. The molecule has 1 saturated heterocycles. The first-order chi connectivity index (χ1) is 16.6.